The van der Waals surface area contributed by atoms with Gasteiger partial charge in [-0.1, -0.05) is 0 Å². The van der Waals surface area contributed by atoms with Gasteiger partial charge in [0.25, 0.3) is 0 Å². The van der Waals surface area contributed by atoms with Gasteiger partial charge in [0.2, 0.25) is 0 Å². The first-order valence-electron chi connectivity index (χ1n) is 5.30. The van der Waals surface area contributed by atoms with Crippen LogP contribution in [-0.4, -0.2) is 54.9 Å². The molecule has 1 unspecified atom stereocenters. The van der Waals surface area contributed by atoms with Gasteiger partial charge in [0.15, 0.2) is 0 Å². The molecule has 0 spiro atoms. The lowest BCUT2D eigenvalue weighted by Crippen LogP contribution is -2.37. The molecule has 2 rings (SSSR count). The fraction of sp³-hybridized carbons (Fsp3) is 0.900. The normalized spacial score (nSPS) is 31.2. The van der Waals surface area contributed by atoms with Crippen molar-refractivity contribution in [2.45, 2.75) is 25.3 Å². The van der Waals surface area contributed by atoms with Crippen molar-refractivity contribution >= 4 is 6.29 Å². The van der Waals surface area contributed by atoms with Gasteiger partial charge in [-0.2, -0.15) is 0 Å². The number of rotatable bonds is 2. The highest BCUT2D eigenvalue weighted by Gasteiger charge is 2.28. The SMILES string of the molecule is O=CCN1CCCN2CCCC2C1. The lowest BCUT2D eigenvalue weighted by molar-refractivity contribution is -0.108. The fourth-order valence-corrected chi connectivity index (χ4v) is 2.55. The molecule has 1 atom stereocenters. The second kappa shape index (κ2) is 4.20. The van der Waals surface area contributed by atoms with E-state index in [2.05, 4.69) is 9.80 Å². The molecule has 3 nitrogen and oxygen atoms in total. The molecule has 13 heavy (non-hydrogen) atoms. The molecular formula is C10H18N2O. The fourth-order valence-electron chi connectivity index (χ4n) is 2.55. The zero-order chi connectivity index (χ0) is 9.10. The average molecular weight is 182 g/mol. The van der Waals surface area contributed by atoms with E-state index in [1.807, 2.05) is 0 Å². The molecular weight excluding hydrogens is 164 g/mol. The van der Waals surface area contributed by atoms with Crippen LogP contribution in [0.3, 0.4) is 0 Å². The van der Waals surface area contributed by atoms with E-state index in [0.717, 1.165) is 25.4 Å². The summed E-state index contributed by atoms with van der Waals surface area (Å²) in [6.45, 7) is 5.36. The molecule has 0 amide bonds. The van der Waals surface area contributed by atoms with E-state index < -0.39 is 0 Å². The zero-order valence-corrected chi connectivity index (χ0v) is 8.11. The molecule has 0 aromatic rings. The maximum Gasteiger partial charge on any atom is 0.133 e. The molecule has 0 saturated carbocycles. The van der Waals surface area contributed by atoms with Gasteiger partial charge in [-0.3, -0.25) is 9.80 Å². The highest BCUT2D eigenvalue weighted by atomic mass is 16.1. The van der Waals surface area contributed by atoms with E-state index >= 15 is 0 Å². The molecule has 3 heteroatoms. The summed E-state index contributed by atoms with van der Waals surface area (Å²) in [5.41, 5.74) is 0. The molecule has 0 N–H and O–H groups in total. The summed E-state index contributed by atoms with van der Waals surface area (Å²) < 4.78 is 0. The summed E-state index contributed by atoms with van der Waals surface area (Å²) in [5, 5.41) is 0. The number of nitrogens with zero attached hydrogens (tertiary/aromatic N) is 2. The van der Waals surface area contributed by atoms with Gasteiger partial charge in [0, 0.05) is 12.6 Å². The molecule has 2 heterocycles. The van der Waals surface area contributed by atoms with Gasteiger partial charge in [-0.25, -0.2) is 0 Å². The Balaban J connectivity index is 1.92. The number of hydrogen-bond acceptors (Lipinski definition) is 3. The van der Waals surface area contributed by atoms with Crippen LogP contribution in [-0.2, 0) is 4.79 Å². The van der Waals surface area contributed by atoms with Crippen molar-refractivity contribution in [1.29, 1.82) is 0 Å². The van der Waals surface area contributed by atoms with Gasteiger partial charge in [0.05, 0.1) is 6.54 Å². The highest BCUT2D eigenvalue weighted by molar-refractivity contribution is 5.51. The van der Waals surface area contributed by atoms with Crippen molar-refractivity contribution in [3.8, 4) is 0 Å². The zero-order valence-electron chi connectivity index (χ0n) is 8.11. The molecule has 2 aliphatic heterocycles. The number of aldehydes is 1. The monoisotopic (exact) mass is 182 g/mol. The van der Waals surface area contributed by atoms with E-state index in [-0.39, 0.29) is 0 Å². The van der Waals surface area contributed by atoms with Crippen LogP contribution >= 0.6 is 0 Å². The largest absolute Gasteiger partial charge is 0.302 e. The minimum Gasteiger partial charge on any atom is -0.302 e. The Morgan fingerprint density at radius 1 is 1.23 bits per heavy atom. The topological polar surface area (TPSA) is 23.6 Å². The maximum absolute atomic E-state index is 10.4. The van der Waals surface area contributed by atoms with Crippen molar-refractivity contribution in [3.63, 3.8) is 0 Å². The highest BCUT2D eigenvalue weighted by Crippen LogP contribution is 2.20. The first-order chi connectivity index (χ1) is 6.40. The summed E-state index contributed by atoms with van der Waals surface area (Å²) in [6, 6.07) is 0.738. The van der Waals surface area contributed by atoms with Crippen LogP contribution in [0.5, 0.6) is 0 Å². The van der Waals surface area contributed by atoms with Crippen molar-refractivity contribution in [2.75, 3.05) is 32.7 Å². The lowest BCUT2D eigenvalue weighted by Gasteiger charge is -2.23. The van der Waals surface area contributed by atoms with Crippen LogP contribution in [0.25, 0.3) is 0 Å². The molecule has 2 aliphatic rings. The van der Waals surface area contributed by atoms with Crippen LogP contribution in [0.2, 0.25) is 0 Å². The van der Waals surface area contributed by atoms with E-state index in [0.29, 0.717) is 6.54 Å². The predicted molar refractivity (Wildman–Crippen MR) is 51.7 cm³/mol. The Bertz CT molecular complexity index is 184. The molecule has 2 saturated heterocycles. The number of carbonyl (C=O) groups excluding carboxylic acids is 1. The second-order valence-corrected chi connectivity index (χ2v) is 4.11. The van der Waals surface area contributed by atoms with Crippen molar-refractivity contribution in [3.05, 3.63) is 0 Å². The molecule has 2 fully saturated rings. The maximum atomic E-state index is 10.4. The molecule has 74 valence electrons. The van der Waals surface area contributed by atoms with Gasteiger partial charge >= 0.3 is 0 Å². The molecule has 0 radical (unpaired) electrons. The third-order valence-corrected chi connectivity index (χ3v) is 3.22. The minimum absolute atomic E-state index is 0.629. The van der Waals surface area contributed by atoms with Gasteiger partial charge in [-0.15, -0.1) is 0 Å². The van der Waals surface area contributed by atoms with Crippen LogP contribution < -0.4 is 0 Å². The smallest absolute Gasteiger partial charge is 0.133 e. The van der Waals surface area contributed by atoms with E-state index in [9.17, 15) is 4.79 Å². The second-order valence-electron chi connectivity index (χ2n) is 4.11. The van der Waals surface area contributed by atoms with Crippen LogP contribution in [0.15, 0.2) is 0 Å². The summed E-state index contributed by atoms with van der Waals surface area (Å²) >= 11 is 0. The molecule has 0 aliphatic carbocycles. The van der Waals surface area contributed by atoms with Crippen molar-refractivity contribution < 1.29 is 4.79 Å². The number of fused-ring (bicyclic) bond motifs is 1. The van der Waals surface area contributed by atoms with E-state index in [4.69, 9.17) is 0 Å². The van der Waals surface area contributed by atoms with Gasteiger partial charge < -0.3 is 4.79 Å². The predicted octanol–water partition coefficient (Wildman–Crippen LogP) is 0.355. The van der Waals surface area contributed by atoms with Crippen LogP contribution in [0.4, 0.5) is 0 Å². The van der Waals surface area contributed by atoms with Gasteiger partial charge in [-0.05, 0) is 38.9 Å². The first-order valence-corrected chi connectivity index (χ1v) is 5.30. The number of carbonyl (C=O) groups is 1. The average Bonchev–Trinajstić information content (AvgIpc) is 2.46. The lowest BCUT2D eigenvalue weighted by atomic mass is 10.2. The third kappa shape index (κ3) is 2.09. The summed E-state index contributed by atoms with van der Waals surface area (Å²) in [7, 11) is 0. The Hall–Kier alpha value is -0.410. The Labute approximate surface area is 79.7 Å². The third-order valence-electron chi connectivity index (χ3n) is 3.22. The van der Waals surface area contributed by atoms with Crippen LogP contribution in [0, 0.1) is 0 Å². The summed E-state index contributed by atoms with van der Waals surface area (Å²) in [4.78, 5) is 15.3. The van der Waals surface area contributed by atoms with Crippen molar-refractivity contribution in [2.24, 2.45) is 0 Å². The van der Waals surface area contributed by atoms with Gasteiger partial charge in [0.1, 0.15) is 6.29 Å². The Morgan fingerprint density at radius 2 is 2.08 bits per heavy atom. The molecule has 0 aromatic carbocycles. The summed E-state index contributed by atoms with van der Waals surface area (Å²) in [6.07, 6.45) is 4.93. The first kappa shape index (κ1) is 9.16. The minimum atomic E-state index is 0.629. The van der Waals surface area contributed by atoms with E-state index in [1.165, 1.54) is 32.4 Å². The Morgan fingerprint density at radius 3 is 2.92 bits per heavy atom. The standard InChI is InChI=1S/C10H18N2O/c13-8-7-11-4-2-6-12-5-1-3-10(12)9-11/h8,10H,1-7,9H2. The van der Waals surface area contributed by atoms with Crippen molar-refractivity contribution in [1.82, 2.24) is 9.80 Å². The summed E-state index contributed by atoms with van der Waals surface area (Å²) in [5.74, 6) is 0. The Kier molecular flexibility index (Phi) is 2.96. The van der Waals surface area contributed by atoms with E-state index in [1.54, 1.807) is 0 Å². The quantitative estimate of drug-likeness (QED) is 0.576. The molecule has 0 bridgehead atoms. The van der Waals surface area contributed by atoms with Crippen LogP contribution in [0.1, 0.15) is 19.3 Å². The number of hydrogen-bond donors (Lipinski definition) is 0. The molecule has 0 aromatic heterocycles.